The number of nitrogens with one attached hydrogen (secondary N) is 1. The minimum Gasteiger partial charge on any atom is -0.310 e. The van der Waals surface area contributed by atoms with Gasteiger partial charge in [-0.2, -0.15) is 4.31 Å². The number of hydrogen-bond acceptors (Lipinski definition) is 3. The molecule has 0 unspecified atom stereocenters. The molecular weight excluding hydrogens is 272 g/mol. The van der Waals surface area contributed by atoms with E-state index < -0.39 is 10.0 Å². The van der Waals surface area contributed by atoms with Gasteiger partial charge in [0, 0.05) is 19.6 Å². The lowest BCUT2D eigenvalue weighted by Gasteiger charge is -2.16. The van der Waals surface area contributed by atoms with Crippen molar-refractivity contribution in [3.8, 4) is 12.3 Å². The molecule has 108 valence electrons. The molecule has 4 nitrogen and oxygen atoms in total. The van der Waals surface area contributed by atoms with Gasteiger partial charge in [-0.15, -0.1) is 6.42 Å². The van der Waals surface area contributed by atoms with Crippen molar-refractivity contribution >= 4 is 10.0 Å². The van der Waals surface area contributed by atoms with Crippen LogP contribution in [0.1, 0.15) is 24.0 Å². The third-order valence-corrected chi connectivity index (χ3v) is 5.30. The number of rotatable bonds is 6. The maximum Gasteiger partial charge on any atom is 0.243 e. The van der Waals surface area contributed by atoms with Crippen LogP contribution in [-0.2, 0) is 16.6 Å². The highest BCUT2D eigenvalue weighted by Crippen LogP contribution is 2.22. The zero-order chi connectivity index (χ0) is 14.8. The quantitative estimate of drug-likeness (QED) is 0.808. The minimum absolute atomic E-state index is 0.0753. The Bertz CT molecular complexity index is 628. The number of hydrogen-bond donors (Lipinski definition) is 1. The van der Waals surface area contributed by atoms with Gasteiger partial charge in [0.15, 0.2) is 0 Å². The van der Waals surface area contributed by atoms with Gasteiger partial charge < -0.3 is 5.32 Å². The highest BCUT2D eigenvalue weighted by molar-refractivity contribution is 7.89. The summed E-state index contributed by atoms with van der Waals surface area (Å²) >= 11 is 0. The van der Waals surface area contributed by atoms with E-state index >= 15 is 0 Å². The second-order valence-corrected chi connectivity index (χ2v) is 7.25. The van der Waals surface area contributed by atoms with Gasteiger partial charge in [0.25, 0.3) is 0 Å². The minimum atomic E-state index is -3.50. The van der Waals surface area contributed by atoms with E-state index in [0.29, 0.717) is 17.5 Å². The number of sulfonamides is 1. The second kappa shape index (κ2) is 5.96. The van der Waals surface area contributed by atoms with Gasteiger partial charge >= 0.3 is 0 Å². The predicted octanol–water partition coefficient (Wildman–Crippen LogP) is 1.50. The van der Waals surface area contributed by atoms with Crippen molar-refractivity contribution in [3.63, 3.8) is 0 Å². The summed E-state index contributed by atoms with van der Waals surface area (Å²) in [6.45, 7) is 2.77. The molecule has 1 aromatic carbocycles. The van der Waals surface area contributed by atoms with Crippen molar-refractivity contribution < 1.29 is 8.42 Å². The van der Waals surface area contributed by atoms with Crippen LogP contribution in [0.3, 0.4) is 0 Å². The lowest BCUT2D eigenvalue weighted by molar-refractivity contribution is 0.503. The van der Waals surface area contributed by atoms with Crippen LogP contribution < -0.4 is 5.32 Å². The predicted molar refractivity (Wildman–Crippen MR) is 79.7 cm³/mol. The molecule has 1 aromatic rings. The standard InChI is InChI=1S/C15H20N2O2S/c1-4-9-17(3)20(18,19)15-8-5-12(2)13(10-15)11-16-14-6-7-14/h1,5,8,10,14,16H,6-7,9,11H2,2-3H3. The van der Waals surface area contributed by atoms with Gasteiger partial charge in [-0.1, -0.05) is 12.0 Å². The van der Waals surface area contributed by atoms with Gasteiger partial charge in [-0.3, -0.25) is 0 Å². The Morgan fingerprint density at radius 1 is 1.45 bits per heavy atom. The van der Waals surface area contributed by atoms with Gasteiger partial charge in [0.05, 0.1) is 11.4 Å². The van der Waals surface area contributed by atoms with Gasteiger partial charge in [-0.25, -0.2) is 8.42 Å². The molecule has 0 bridgehead atoms. The summed E-state index contributed by atoms with van der Waals surface area (Å²) in [5.74, 6) is 2.35. The molecule has 0 amide bonds. The maximum atomic E-state index is 12.3. The lowest BCUT2D eigenvalue weighted by atomic mass is 10.1. The SMILES string of the molecule is C#CCN(C)S(=O)(=O)c1ccc(C)c(CNC2CC2)c1. The van der Waals surface area contributed by atoms with Crippen LogP contribution in [0.15, 0.2) is 23.1 Å². The third kappa shape index (κ3) is 3.40. The molecule has 0 aliphatic heterocycles. The summed E-state index contributed by atoms with van der Waals surface area (Å²) in [7, 11) is -2.00. The normalized spacial score (nSPS) is 15.3. The molecular formula is C15H20N2O2S. The molecule has 0 saturated heterocycles. The lowest BCUT2D eigenvalue weighted by Crippen LogP contribution is -2.27. The van der Waals surface area contributed by atoms with E-state index in [1.165, 1.54) is 24.2 Å². The first-order chi connectivity index (χ1) is 9.45. The first-order valence-electron chi connectivity index (χ1n) is 6.68. The van der Waals surface area contributed by atoms with Crippen molar-refractivity contribution in [1.82, 2.24) is 9.62 Å². The molecule has 1 aliphatic rings. The van der Waals surface area contributed by atoms with Crippen molar-refractivity contribution in [2.45, 2.75) is 37.2 Å². The summed E-state index contributed by atoms with van der Waals surface area (Å²) in [6.07, 6.45) is 7.60. The monoisotopic (exact) mass is 292 g/mol. The summed E-state index contributed by atoms with van der Waals surface area (Å²) in [6, 6.07) is 5.82. The molecule has 0 spiro atoms. The molecule has 2 rings (SSSR count). The Hall–Kier alpha value is -1.35. The number of terminal acetylenes is 1. The fourth-order valence-electron chi connectivity index (χ4n) is 1.93. The van der Waals surface area contributed by atoms with Gasteiger partial charge in [0.2, 0.25) is 10.0 Å². The molecule has 1 N–H and O–H groups in total. The summed E-state index contributed by atoms with van der Waals surface area (Å²) in [5.41, 5.74) is 2.11. The van der Waals surface area contributed by atoms with E-state index in [9.17, 15) is 8.42 Å². The largest absolute Gasteiger partial charge is 0.310 e. The average molecular weight is 292 g/mol. The van der Waals surface area contributed by atoms with Crippen molar-refractivity contribution in [2.75, 3.05) is 13.6 Å². The first kappa shape index (κ1) is 15.0. The van der Waals surface area contributed by atoms with Crippen LogP contribution in [0, 0.1) is 19.3 Å². The Morgan fingerprint density at radius 2 is 2.15 bits per heavy atom. The van der Waals surface area contributed by atoms with Crippen molar-refractivity contribution in [3.05, 3.63) is 29.3 Å². The molecule has 1 fully saturated rings. The van der Waals surface area contributed by atoms with E-state index in [0.717, 1.165) is 11.1 Å². The molecule has 0 aromatic heterocycles. The van der Waals surface area contributed by atoms with Crippen LogP contribution in [0.4, 0.5) is 0 Å². The summed E-state index contributed by atoms with van der Waals surface area (Å²) < 4.78 is 25.9. The van der Waals surface area contributed by atoms with Gasteiger partial charge in [-0.05, 0) is 43.0 Å². The van der Waals surface area contributed by atoms with Crippen LogP contribution >= 0.6 is 0 Å². The van der Waals surface area contributed by atoms with Crippen LogP contribution in [0.5, 0.6) is 0 Å². The summed E-state index contributed by atoms with van der Waals surface area (Å²) in [4.78, 5) is 0.299. The smallest absolute Gasteiger partial charge is 0.243 e. The fraction of sp³-hybridized carbons (Fsp3) is 0.467. The van der Waals surface area contributed by atoms with E-state index in [2.05, 4.69) is 11.2 Å². The zero-order valence-corrected chi connectivity index (χ0v) is 12.7. The van der Waals surface area contributed by atoms with Gasteiger partial charge in [0.1, 0.15) is 0 Å². The highest BCUT2D eigenvalue weighted by Gasteiger charge is 2.22. The molecule has 5 heteroatoms. The molecule has 1 aliphatic carbocycles. The topological polar surface area (TPSA) is 49.4 Å². The van der Waals surface area contributed by atoms with Crippen LogP contribution in [0.2, 0.25) is 0 Å². The molecule has 20 heavy (non-hydrogen) atoms. The summed E-state index contributed by atoms with van der Waals surface area (Å²) in [5, 5.41) is 3.41. The first-order valence-corrected chi connectivity index (χ1v) is 8.12. The molecule has 0 radical (unpaired) electrons. The average Bonchev–Trinajstić information content (AvgIpc) is 3.22. The molecule has 1 saturated carbocycles. The second-order valence-electron chi connectivity index (χ2n) is 5.21. The highest BCUT2D eigenvalue weighted by atomic mass is 32.2. The van der Waals surface area contributed by atoms with Crippen LogP contribution in [0.25, 0.3) is 0 Å². The Morgan fingerprint density at radius 3 is 2.75 bits per heavy atom. The number of nitrogens with zero attached hydrogens (tertiary/aromatic N) is 1. The van der Waals surface area contributed by atoms with Crippen molar-refractivity contribution in [2.24, 2.45) is 0 Å². The van der Waals surface area contributed by atoms with E-state index in [-0.39, 0.29) is 6.54 Å². The van der Waals surface area contributed by atoms with E-state index in [4.69, 9.17) is 6.42 Å². The molecule has 0 heterocycles. The number of benzene rings is 1. The van der Waals surface area contributed by atoms with Crippen LogP contribution in [-0.4, -0.2) is 32.4 Å². The Labute approximate surface area is 121 Å². The van der Waals surface area contributed by atoms with Crippen molar-refractivity contribution in [1.29, 1.82) is 0 Å². The molecule has 0 atom stereocenters. The number of aryl methyl sites for hydroxylation is 1. The third-order valence-electron chi connectivity index (χ3n) is 3.50. The Balaban J connectivity index is 2.23. The Kier molecular flexibility index (Phi) is 4.48. The zero-order valence-electron chi connectivity index (χ0n) is 11.9. The fourth-order valence-corrected chi connectivity index (χ4v) is 3.07. The maximum absolute atomic E-state index is 12.3. The van der Waals surface area contributed by atoms with E-state index in [1.807, 2.05) is 13.0 Å². The van der Waals surface area contributed by atoms with E-state index in [1.54, 1.807) is 12.1 Å².